The maximum atomic E-state index is 10.8. The molecule has 4 rings (SSSR count). The Morgan fingerprint density at radius 3 is 2.25 bits per heavy atom. The van der Waals surface area contributed by atoms with Gasteiger partial charge < -0.3 is 9.84 Å². The van der Waals surface area contributed by atoms with Gasteiger partial charge in [0, 0.05) is 0 Å². The summed E-state index contributed by atoms with van der Waals surface area (Å²) in [5.74, 6) is 0.799. The fraction of sp³-hybridized carbons (Fsp3) is 0.909. The number of carboxylic acids is 1. The number of aliphatic carboxylic acids is 1. The summed E-state index contributed by atoms with van der Waals surface area (Å²) in [5.41, 5.74) is -0.277. The average molecular weight is 234 g/mol. The fourth-order valence-electron chi connectivity index (χ4n) is 3.98. The molecule has 16 heavy (non-hydrogen) atoms. The molecule has 2 saturated heterocycles. The molecule has 0 amide bonds. The summed E-state index contributed by atoms with van der Waals surface area (Å²) < 4.78 is 5.94. The van der Waals surface area contributed by atoms with E-state index in [9.17, 15) is 4.79 Å². The Morgan fingerprint density at radius 2 is 1.81 bits per heavy atom. The number of ether oxygens (including phenoxy) is 1. The molecule has 0 aromatic carbocycles. The van der Waals surface area contributed by atoms with Gasteiger partial charge in [0.25, 0.3) is 0 Å². The Balaban J connectivity index is 0.000000640. The van der Waals surface area contributed by atoms with Crippen LogP contribution in [0.1, 0.15) is 38.5 Å². The maximum absolute atomic E-state index is 10.8. The second kappa shape index (κ2) is 5.01. The van der Waals surface area contributed by atoms with Gasteiger partial charge in [0.15, 0.2) is 0 Å². The molecular formula is C11H20BNaO3. The number of carboxylic acid groups (broad SMARTS) is 1. The second-order valence-electron chi connectivity index (χ2n) is 5.34. The third-order valence-electron chi connectivity index (χ3n) is 4.07. The van der Waals surface area contributed by atoms with E-state index in [1.807, 2.05) is 0 Å². The summed E-state index contributed by atoms with van der Waals surface area (Å²) in [5, 5.41) is 8.89. The Labute approximate surface area is 120 Å². The molecule has 2 unspecified atom stereocenters. The molecule has 4 bridgehead atoms. The van der Waals surface area contributed by atoms with Crippen LogP contribution in [0.15, 0.2) is 0 Å². The summed E-state index contributed by atoms with van der Waals surface area (Å²) >= 11 is 0. The van der Waals surface area contributed by atoms with Crippen molar-refractivity contribution < 1.29 is 44.2 Å². The van der Waals surface area contributed by atoms with Gasteiger partial charge in [0.1, 0.15) is 0 Å². The van der Waals surface area contributed by atoms with Crippen LogP contribution >= 0.6 is 0 Å². The zero-order valence-corrected chi connectivity index (χ0v) is 11.2. The molecule has 2 heterocycles. The first-order chi connectivity index (χ1) is 6.65. The van der Waals surface area contributed by atoms with Crippen molar-refractivity contribution in [1.82, 2.24) is 0 Å². The van der Waals surface area contributed by atoms with Crippen LogP contribution in [0.4, 0.5) is 0 Å². The van der Waals surface area contributed by atoms with Crippen molar-refractivity contribution in [3.63, 3.8) is 0 Å². The van der Waals surface area contributed by atoms with E-state index in [2.05, 4.69) is 0 Å². The monoisotopic (exact) mass is 234 g/mol. The van der Waals surface area contributed by atoms with E-state index >= 15 is 0 Å². The van der Waals surface area contributed by atoms with Gasteiger partial charge in [-0.3, -0.25) is 4.79 Å². The predicted molar refractivity (Wildman–Crippen MR) is 61.3 cm³/mol. The van der Waals surface area contributed by atoms with Gasteiger partial charge in [-0.1, -0.05) is 8.41 Å². The summed E-state index contributed by atoms with van der Waals surface area (Å²) in [4.78, 5) is 10.8. The molecule has 4 aliphatic rings. The third kappa shape index (κ3) is 2.50. The van der Waals surface area contributed by atoms with E-state index in [0.717, 1.165) is 24.7 Å². The number of carbonyl (C=O) groups is 1. The Hall–Kier alpha value is 0.495. The van der Waals surface area contributed by atoms with Gasteiger partial charge in [-0.15, -0.1) is 0 Å². The molecule has 2 aliphatic carbocycles. The van der Waals surface area contributed by atoms with Crippen LogP contribution in [0.25, 0.3) is 0 Å². The molecule has 1 N–H and O–H groups in total. The first kappa shape index (κ1) is 14.6. The minimum atomic E-state index is -0.702. The Morgan fingerprint density at radius 1 is 1.25 bits per heavy atom. The zero-order chi connectivity index (χ0) is 9.76. The van der Waals surface area contributed by atoms with E-state index < -0.39 is 5.97 Å². The predicted octanol–water partition coefficient (Wildman–Crippen LogP) is -2.64. The molecule has 2 aliphatic heterocycles. The fourth-order valence-corrected chi connectivity index (χ4v) is 3.98. The largest absolute Gasteiger partial charge is 1.00 e. The van der Waals surface area contributed by atoms with Crippen molar-refractivity contribution >= 4 is 14.4 Å². The van der Waals surface area contributed by atoms with Crippen LogP contribution in [-0.4, -0.2) is 31.2 Å². The third-order valence-corrected chi connectivity index (χ3v) is 4.07. The van der Waals surface area contributed by atoms with E-state index in [4.69, 9.17) is 9.84 Å². The van der Waals surface area contributed by atoms with Gasteiger partial charge in [-0.25, -0.2) is 0 Å². The van der Waals surface area contributed by atoms with E-state index in [0.29, 0.717) is 6.10 Å². The van der Waals surface area contributed by atoms with Crippen molar-refractivity contribution in [2.24, 2.45) is 11.8 Å². The van der Waals surface area contributed by atoms with E-state index in [-0.39, 0.29) is 50.0 Å². The van der Waals surface area contributed by atoms with Crippen molar-refractivity contribution in [3.05, 3.63) is 0 Å². The molecule has 2 saturated carbocycles. The molecule has 0 aromatic rings. The van der Waals surface area contributed by atoms with Gasteiger partial charge >= 0.3 is 35.5 Å². The molecule has 4 fully saturated rings. The van der Waals surface area contributed by atoms with Crippen LogP contribution in [0.3, 0.4) is 0 Å². The summed E-state index contributed by atoms with van der Waals surface area (Å²) in [6, 6.07) is 0. The van der Waals surface area contributed by atoms with Crippen LogP contribution in [-0.2, 0) is 9.53 Å². The SMILES string of the molecule is O=C(O)CC12CC3CC(CC(C3)O1)C2.[BH4-].[Na+]. The first-order valence-corrected chi connectivity index (χ1v) is 5.55. The van der Waals surface area contributed by atoms with Gasteiger partial charge in [-0.05, 0) is 43.9 Å². The molecule has 0 spiro atoms. The topological polar surface area (TPSA) is 46.5 Å². The molecule has 86 valence electrons. The number of hydrogen-bond donors (Lipinski definition) is 1. The molecule has 2 atom stereocenters. The minimum absolute atomic E-state index is 0. The quantitative estimate of drug-likeness (QED) is 0.531. The van der Waals surface area contributed by atoms with Gasteiger partial charge in [0.2, 0.25) is 0 Å². The molecule has 5 heteroatoms. The van der Waals surface area contributed by atoms with Crippen LogP contribution in [0.2, 0.25) is 0 Å². The van der Waals surface area contributed by atoms with Crippen molar-refractivity contribution in [3.8, 4) is 0 Å². The average Bonchev–Trinajstić information content (AvgIpc) is 1.96. The van der Waals surface area contributed by atoms with Crippen molar-refractivity contribution in [2.75, 3.05) is 0 Å². The van der Waals surface area contributed by atoms with Gasteiger partial charge in [0.05, 0.1) is 18.1 Å². The van der Waals surface area contributed by atoms with Crippen LogP contribution in [0, 0.1) is 11.8 Å². The normalized spacial score (nSPS) is 43.4. The van der Waals surface area contributed by atoms with Gasteiger partial charge in [-0.2, -0.15) is 0 Å². The first-order valence-electron chi connectivity index (χ1n) is 5.55. The Kier molecular flexibility index (Phi) is 4.56. The molecular weight excluding hydrogens is 214 g/mol. The van der Waals surface area contributed by atoms with E-state index in [1.165, 1.54) is 19.3 Å². The van der Waals surface area contributed by atoms with Crippen molar-refractivity contribution in [1.29, 1.82) is 0 Å². The van der Waals surface area contributed by atoms with Crippen molar-refractivity contribution in [2.45, 2.75) is 50.2 Å². The zero-order valence-electron chi connectivity index (χ0n) is 9.24. The smallest absolute Gasteiger partial charge is 0.481 e. The van der Waals surface area contributed by atoms with E-state index in [1.54, 1.807) is 0 Å². The summed E-state index contributed by atoms with van der Waals surface area (Å²) in [7, 11) is 0. The van der Waals surface area contributed by atoms with Crippen LogP contribution < -0.4 is 29.6 Å². The standard InChI is InChI=1S/C11H16O3.BH4.Na/c12-10(13)6-11-4-7-1-8(5-11)3-9(2-7)14-11;;/h7-9H,1-6H2,(H,12,13);1H4;/q;-1;+1. The summed E-state index contributed by atoms with van der Waals surface area (Å²) in [6.07, 6.45) is 6.26. The number of hydrogen-bond acceptors (Lipinski definition) is 2. The molecule has 0 aromatic heterocycles. The Bertz CT molecular complexity index is 247. The van der Waals surface area contributed by atoms with Crippen LogP contribution in [0.5, 0.6) is 0 Å². The summed E-state index contributed by atoms with van der Waals surface area (Å²) in [6.45, 7) is 0. The molecule has 0 radical (unpaired) electrons. The maximum Gasteiger partial charge on any atom is 1.00 e. The second-order valence-corrected chi connectivity index (χ2v) is 5.34. The number of rotatable bonds is 2. The minimum Gasteiger partial charge on any atom is -0.481 e. The molecule has 3 nitrogen and oxygen atoms in total.